The molecular formula is C20H28N2O3S. The highest BCUT2D eigenvalue weighted by Crippen LogP contribution is 2.08. The normalized spacial score (nSPS) is 11.0. The molecule has 0 aliphatic rings. The zero-order valence-corrected chi connectivity index (χ0v) is 16.2. The van der Waals surface area contributed by atoms with Crippen LogP contribution in [0.1, 0.15) is 50.5 Å². The number of benzene rings is 1. The molecule has 5 nitrogen and oxygen atoms in total. The molecule has 0 radical (unpaired) electrons. The number of carbonyl (C=O) groups excluding carboxylic acids is 2. The van der Waals surface area contributed by atoms with E-state index in [1.165, 1.54) is 18.2 Å². The van der Waals surface area contributed by atoms with Crippen LogP contribution in [0.2, 0.25) is 0 Å². The van der Waals surface area contributed by atoms with Gasteiger partial charge in [-0.3, -0.25) is 4.79 Å². The number of thioether (sulfide) groups is 1. The summed E-state index contributed by atoms with van der Waals surface area (Å²) >= 11 is 1.21. The van der Waals surface area contributed by atoms with Crippen LogP contribution in [0.5, 0.6) is 0 Å². The number of carbonyl (C=O) groups is 2. The maximum Gasteiger partial charge on any atom is 0.436 e. The third kappa shape index (κ3) is 10.7. The Labute approximate surface area is 160 Å². The van der Waals surface area contributed by atoms with Gasteiger partial charge in [0, 0.05) is 6.42 Å². The van der Waals surface area contributed by atoms with Crippen molar-refractivity contribution < 1.29 is 14.3 Å². The molecule has 0 aromatic heterocycles. The third-order valence-corrected chi connectivity index (χ3v) is 4.23. The lowest BCUT2D eigenvalue weighted by molar-refractivity contribution is -0.119. The van der Waals surface area contributed by atoms with E-state index in [1.54, 1.807) is 6.26 Å². The van der Waals surface area contributed by atoms with Gasteiger partial charge >= 0.3 is 6.09 Å². The molecular weight excluding hydrogens is 348 g/mol. The first-order valence-electron chi connectivity index (χ1n) is 8.89. The second kappa shape index (κ2) is 14.1. The molecule has 0 aliphatic heterocycles. The minimum Gasteiger partial charge on any atom is -0.443 e. The smallest absolute Gasteiger partial charge is 0.436 e. The number of allylic oxidation sites excluding steroid dienone is 1. The topological polar surface area (TPSA) is 67.8 Å². The molecule has 6 heteroatoms. The van der Waals surface area contributed by atoms with Crippen LogP contribution in [0.25, 0.3) is 0 Å². The summed E-state index contributed by atoms with van der Waals surface area (Å²) < 4.78 is 5.09. The largest absolute Gasteiger partial charge is 0.443 e. The van der Waals surface area contributed by atoms with Gasteiger partial charge in [-0.1, -0.05) is 67.4 Å². The maximum absolute atomic E-state index is 11.9. The minimum absolute atomic E-state index is 0.125. The average molecular weight is 377 g/mol. The fourth-order valence-electron chi connectivity index (χ4n) is 2.25. The van der Waals surface area contributed by atoms with Crippen LogP contribution in [-0.4, -0.2) is 23.4 Å². The van der Waals surface area contributed by atoms with Crippen LogP contribution < -0.4 is 5.32 Å². The Morgan fingerprint density at radius 2 is 1.85 bits per heavy atom. The lowest BCUT2D eigenvalue weighted by Crippen LogP contribution is -2.28. The first-order valence-corrected chi connectivity index (χ1v) is 10.1. The molecule has 26 heavy (non-hydrogen) atoms. The van der Waals surface area contributed by atoms with E-state index < -0.39 is 6.09 Å². The second-order valence-corrected chi connectivity index (χ2v) is 6.60. The van der Waals surface area contributed by atoms with Crippen LogP contribution in [0.15, 0.2) is 48.0 Å². The number of ether oxygens (including phenoxy) is 1. The van der Waals surface area contributed by atoms with Crippen LogP contribution >= 0.6 is 11.8 Å². The van der Waals surface area contributed by atoms with Gasteiger partial charge in [-0.15, -0.1) is 6.58 Å². The number of amidine groups is 1. The van der Waals surface area contributed by atoms with Gasteiger partial charge in [0.05, 0.1) is 0 Å². The highest BCUT2D eigenvalue weighted by Gasteiger charge is 2.08. The van der Waals surface area contributed by atoms with Gasteiger partial charge in [0.2, 0.25) is 5.91 Å². The van der Waals surface area contributed by atoms with Crippen LogP contribution in [0, 0.1) is 0 Å². The van der Waals surface area contributed by atoms with Crippen molar-refractivity contribution in [2.45, 2.75) is 51.6 Å². The van der Waals surface area contributed by atoms with E-state index >= 15 is 0 Å². The number of nitrogens with zero attached hydrogens (tertiary/aromatic N) is 1. The van der Waals surface area contributed by atoms with E-state index in [1.807, 2.05) is 36.4 Å². The molecule has 0 aliphatic carbocycles. The average Bonchev–Trinajstić information content (AvgIpc) is 2.66. The van der Waals surface area contributed by atoms with E-state index in [2.05, 4.69) is 16.9 Å². The molecule has 2 amide bonds. The van der Waals surface area contributed by atoms with E-state index in [0.717, 1.165) is 37.7 Å². The standard InChI is InChI=1S/C20H28N2O3S/c1-3-4-5-6-7-8-12-15-18(23)21-19(26-2)22-20(24)25-16-17-13-10-9-11-14-17/h3,9-11,13-14H,1,4-8,12,15-16H2,2H3,(H,21,22,23,24). The summed E-state index contributed by atoms with van der Waals surface area (Å²) in [5, 5.41) is 2.93. The summed E-state index contributed by atoms with van der Waals surface area (Å²) in [6, 6.07) is 9.38. The molecule has 0 bridgehead atoms. The second-order valence-electron chi connectivity index (χ2n) is 5.80. The van der Waals surface area contributed by atoms with Crippen molar-refractivity contribution in [2.24, 2.45) is 4.99 Å². The van der Waals surface area contributed by atoms with Gasteiger partial charge in [0.25, 0.3) is 0 Å². The Morgan fingerprint density at radius 3 is 2.54 bits per heavy atom. The zero-order valence-electron chi connectivity index (χ0n) is 15.4. The van der Waals surface area contributed by atoms with Crippen molar-refractivity contribution in [2.75, 3.05) is 6.26 Å². The fourth-order valence-corrected chi connectivity index (χ4v) is 2.63. The highest BCUT2D eigenvalue weighted by atomic mass is 32.2. The SMILES string of the molecule is C=CCCCCCCCC(=O)NC(=NC(=O)OCc1ccccc1)SC. The number of aliphatic imine (C=N–C) groups is 1. The van der Waals surface area contributed by atoms with E-state index in [0.29, 0.717) is 6.42 Å². The monoisotopic (exact) mass is 376 g/mol. The van der Waals surface area contributed by atoms with Gasteiger partial charge in [0.1, 0.15) is 6.61 Å². The van der Waals surface area contributed by atoms with Gasteiger partial charge in [-0.05, 0) is 31.1 Å². The number of nitrogens with one attached hydrogen (secondary N) is 1. The predicted molar refractivity (Wildman–Crippen MR) is 108 cm³/mol. The van der Waals surface area contributed by atoms with Crippen molar-refractivity contribution in [3.05, 3.63) is 48.6 Å². The minimum atomic E-state index is -0.708. The number of rotatable bonds is 10. The van der Waals surface area contributed by atoms with E-state index in [4.69, 9.17) is 4.74 Å². The van der Waals surface area contributed by atoms with Crippen LogP contribution in [0.3, 0.4) is 0 Å². The quantitative estimate of drug-likeness (QED) is 0.268. The lowest BCUT2D eigenvalue weighted by atomic mass is 10.1. The molecule has 0 heterocycles. The third-order valence-electron chi connectivity index (χ3n) is 3.65. The highest BCUT2D eigenvalue weighted by molar-refractivity contribution is 8.13. The van der Waals surface area contributed by atoms with E-state index in [-0.39, 0.29) is 17.7 Å². The summed E-state index contributed by atoms with van der Waals surface area (Å²) in [5.74, 6) is -0.125. The Hall–Kier alpha value is -2.08. The first kappa shape index (κ1) is 22.0. The molecule has 142 valence electrons. The maximum atomic E-state index is 11.9. The van der Waals surface area contributed by atoms with Gasteiger partial charge in [0.15, 0.2) is 5.17 Å². The number of hydrogen-bond acceptors (Lipinski definition) is 4. The molecule has 0 unspecified atom stereocenters. The van der Waals surface area contributed by atoms with Gasteiger partial charge in [-0.2, -0.15) is 4.99 Å². The number of unbranched alkanes of at least 4 members (excludes halogenated alkanes) is 5. The molecule has 1 N–H and O–H groups in total. The first-order chi connectivity index (χ1) is 12.7. The summed E-state index contributed by atoms with van der Waals surface area (Å²) in [7, 11) is 0. The Kier molecular flexibility index (Phi) is 11.9. The van der Waals surface area contributed by atoms with Crippen LogP contribution in [-0.2, 0) is 16.1 Å². The van der Waals surface area contributed by atoms with Crippen molar-refractivity contribution >= 4 is 28.9 Å². The summed E-state index contributed by atoms with van der Waals surface area (Å²) in [4.78, 5) is 27.5. The van der Waals surface area contributed by atoms with Gasteiger partial charge < -0.3 is 10.1 Å². The Balaban J connectivity index is 2.26. The lowest BCUT2D eigenvalue weighted by Gasteiger charge is -2.07. The molecule has 0 atom stereocenters. The Morgan fingerprint density at radius 1 is 1.15 bits per heavy atom. The molecule has 1 rings (SSSR count). The van der Waals surface area contributed by atoms with Crippen molar-refractivity contribution in [1.29, 1.82) is 0 Å². The van der Waals surface area contributed by atoms with Crippen molar-refractivity contribution in [3.8, 4) is 0 Å². The Bertz CT molecular complexity index is 588. The van der Waals surface area contributed by atoms with Crippen LogP contribution in [0.4, 0.5) is 4.79 Å². The summed E-state index contributed by atoms with van der Waals surface area (Å²) in [6.07, 6.45) is 9.76. The van der Waals surface area contributed by atoms with E-state index in [9.17, 15) is 9.59 Å². The molecule has 0 fully saturated rings. The van der Waals surface area contributed by atoms with Gasteiger partial charge in [-0.25, -0.2) is 4.79 Å². The zero-order chi connectivity index (χ0) is 19.0. The molecule has 1 aromatic rings. The van der Waals surface area contributed by atoms with Crippen molar-refractivity contribution in [1.82, 2.24) is 5.32 Å². The van der Waals surface area contributed by atoms with Crippen molar-refractivity contribution in [3.63, 3.8) is 0 Å². The molecule has 1 aromatic carbocycles. The fraction of sp³-hybridized carbons (Fsp3) is 0.450. The summed E-state index contributed by atoms with van der Waals surface area (Å²) in [6.45, 7) is 3.86. The summed E-state index contributed by atoms with van der Waals surface area (Å²) in [5.41, 5.74) is 0.888. The predicted octanol–water partition coefficient (Wildman–Crippen LogP) is 5.08. The number of hydrogen-bond donors (Lipinski definition) is 1. The molecule has 0 saturated heterocycles. The molecule has 0 saturated carbocycles. The molecule has 0 spiro atoms. The number of amides is 2.